The van der Waals surface area contributed by atoms with Crippen molar-refractivity contribution in [3.8, 4) is 22.4 Å². The number of aromatic nitrogens is 2. The predicted molar refractivity (Wildman–Crippen MR) is 152 cm³/mol. The van der Waals surface area contributed by atoms with Gasteiger partial charge in [0, 0.05) is 29.8 Å². The van der Waals surface area contributed by atoms with E-state index in [-0.39, 0.29) is 28.7 Å². The lowest BCUT2D eigenvalue weighted by atomic mass is 9.80. The Labute approximate surface area is 225 Å². The number of hydrogen-bond donors (Lipinski definition) is 1. The summed E-state index contributed by atoms with van der Waals surface area (Å²) in [6.45, 7) is 15.3. The monoisotopic (exact) mass is 498 g/mol. The first-order valence-electron chi connectivity index (χ1n) is 13.5. The lowest BCUT2D eigenvalue weighted by Gasteiger charge is -2.24. The maximum absolute atomic E-state index is 10.9. The molecular weight excluding hydrogens is 464 g/mol. The fraction of sp³-hybridized carbons (Fsp3) is 0.257. The van der Waals surface area contributed by atoms with Crippen LogP contribution < -0.4 is 9.13 Å². The number of aliphatic hydroxyl groups is 1. The highest BCUT2D eigenvalue weighted by atomic mass is 16.3. The van der Waals surface area contributed by atoms with E-state index >= 15 is 0 Å². The average Bonchev–Trinajstić information content (AvgIpc) is 3.44. The third kappa shape index (κ3) is 2.90. The first-order chi connectivity index (χ1) is 18.1. The fourth-order valence-electron chi connectivity index (χ4n) is 7.30. The molecule has 1 aliphatic carbocycles. The van der Waals surface area contributed by atoms with Gasteiger partial charge in [-0.25, -0.2) is 0 Å². The van der Waals surface area contributed by atoms with Crippen molar-refractivity contribution in [1.29, 1.82) is 0 Å². The van der Waals surface area contributed by atoms with Crippen molar-refractivity contribution in [3.63, 3.8) is 0 Å². The van der Waals surface area contributed by atoms with Crippen LogP contribution in [-0.4, -0.2) is 5.11 Å². The SMILES string of the molecule is C=C(O)C1=CC2(C3c4ccccc4-c4cccc[n+]4C32)[n+]2cc(C(C)(C)C)c(-c3c(C)cccc3C)cc21. The summed E-state index contributed by atoms with van der Waals surface area (Å²) in [5.41, 5.74) is 11.8. The number of aliphatic hydroxyl groups excluding tert-OH is 1. The Kier molecular flexibility index (Phi) is 4.59. The molecule has 38 heavy (non-hydrogen) atoms. The van der Waals surface area contributed by atoms with Gasteiger partial charge in [0.2, 0.25) is 17.4 Å². The molecule has 1 fully saturated rings. The molecule has 3 unspecified atom stereocenters. The van der Waals surface area contributed by atoms with Crippen LogP contribution in [-0.2, 0) is 11.0 Å². The van der Waals surface area contributed by atoms with E-state index < -0.39 is 0 Å². The molecule has 4 heterocycles. The number of pyridine rings is 2. The van der Waals surface area contributed by atoms with Crippen LogP contribution in [0.4, 0.5) is 0 Å². The Balaban J connectivity index is 1.55. The number of nitrogens with zero attached hydrogens (tertiary/aromatic N) is 2. The normalized spacial score (nSPS) is 22.3. The molecule has 3 atom stereocenters. The van der Waals surface area contributed by atoms with Gasteiger partial charge in [-0.15, -0.1) is 0 Å². The standard InChI is InChI=1S/C35H33N2O/c1-21-12-11-13-22(2)31(21)26-18-30-27(23(3)38)19-35(37(30)20-28(26)34(4,5)6)32-25-15-8-7-14-24(25)29-16-9-10-17-36(29)33(32)35/h7-20,32-33H,3H2,1-2,4-6H3/q+1/p+1. The van der Waals surface area contributed by atoms with Gasteiger partial charge in [-0.3, -0.25) is 0 Å². The zero-order chi connectivity index (χ0) is 26.6. The Morgan fingerprint density at radius 2 is 1.61 bits per heavy atom. The van der Waals surface area contributed by atoms with Crippen LogP contribution in [0, 0.1) is 13.8 Å². The van der Waals surface area contributed by atoms with Crippen molar-refractivity contribution < 1.29 is 14.2 Å². The molecule has 0 radical (unpaired) electrons. The molecular formula is C35H34N2O+2. The molecule has 3 heteroatoms. The summed E-state index contributed by atoms with van der Waals surface area (Å²) in [4.78, 5) is 0. The van der Waals surface area contributed by atoms with Gasteiger partial charge in [0.25, 0.3) is 5.54 Å². The highest BCUT2D eigenvalue weighted by Gasteiger charge is 2.83. The van der Waals surface area contributed by atoms with Gasteiger partial charge >= 0.3 is 0 Å². The summed E-state index contributed by atoms with van der Waals surface area (Å²) in [5.74, 6) is 0.403. The van der Waals surface area contributed by atoms with Crippen molar-refractivity contribution >= 4 is 5.57 Å². The number of benzene rings is 2. The molecule has 0 amide bonds. The molecule has 2 aliphatic heterocycles. The van der Waals surface area contributed by atoms with Crippen molar-refractivity contribution in [2.75, 3.05) is 0 Å². The van der Waals surface area contributed by atoms with E-state index in [9.17, 15) is 5.11 Å². The lowest BCUT2D eigenvalue weighted by Crippen LogP contribution is -2.51. The third-order valence-electron chi connectivity index (χ3n) is 8.97. The maximum Gasteiger partial charge on any atom is 0.263 e. The molecule has 1 N–H and O–H groups in total. The molecule has 1 spiro atoms. The van der Waals surface area contributed by atoms with Gasteiger partial charge in [0.15, 0.2) is 12.4 Å². The third-order valence-corrected chi connectivity index (χ3v) is 8.97. The quantitative estimate of drug-likeness (QED) is 0.233. The summed E-state index contributed by atoms with van der Waals surface area (Å²) >= 11 is 0. The van der Waals surface area contributed by atoms with E-state index in [4.69, 9.17) is 0 Å². The van der Waals surface area contributed by atoms with Gasteiger partial charge in [0.1, 0.15) is 11.7 Å². The Morgan fingerprint density at radius 1 is 0.895 bits per heavy atom. The van der Waals surface area contributed by atoms with Crippen LogP contribution in [0.15, 0.2) is 97.5 Å². The summed E-state index contributed by atoms with van der Waals surface area (Å²) < 4.78 is 4.90. The van der Waals surface area contributed by atoms with Gasteiger partial charge in [-0.2, -0.15) is 9.13 Å². The molecule has 0 saturated heterocycles. The van der Waals surface area contributed by atoms with Gasteiger partial charge in [-0.05, 0) is 59.2 Å². The average molecular weight is 499 g/mol. The Bertz CT molecular complexity index is 1650. The molecule has 1 saturated carbocycles. The first-order valence-corrected chi connectivity index (χ1v) is 13.5. The van der Waals surface area contributed by atoms with Crippen LogP contribution in [0.1, 0.15) is 60.7 Å². The topological polar surface area (TPSA) is 28.0 Å². The Morgan fingerprint density at radius 3 is 2.32 bits per heavy atom. The highest BCUT2D eigenvalue weighted by molar-refractivity contribution is 5.82. The lowest BCUT2D eigenvalue weighted by molar-refractivity contribution is -0.778. The molecule has 2 aromatic carbocycles. The predicted octanol–water partition coefficient (Wildman–Crippen LogP) is 7.03. The molecule has 4 aromatic rings. The zero-order valence-electron chi connectivity index (χ0n) is 22.8. The molecule has 2 aromatic heterocycles. The minimum Gasteiger partial charge on any atom is -0.508 e. The van der Waals surface area contributed by atoms with E-state index in [1.54, 1.807) is 0 Å². The maximum atomic E-state index is 10.9. The zero-order valence-corrected chi connectivity index (χ0v) is 22.8. The van der Waals surface area contributed by atoms with E-state index in [0.29, 0.717) is 0 Å². The number of hydrogen-bond acceptors (Lipinski definition) is 1. The Hall–Kier alpha value is -3.98. The number of rotatable bonds is 2. The summed E-state index contributed by atoms with van der Waals surface area (Å²) in [6.07, 6.45) is 6.90. The van der Waals surface area contributed by atoms with Crippen molar-refractivity contribution in [2.24, 2.45) is 0 Å². The molecule has 7 rings (SSSR count). The second-order valence-electron chi connectivity index (χ2n) is 12.3. The second kappa shape index (κ2) is 7.54. The summed E-state index contributed by atoms with van der Waals surface area (Å²) in [6, 6.07) is 24.3. The summed E-state index contributed by atoms with van der Waals surface area (Å²) in [5, 5.41) is 10.9. The molecule has 0 bridgehead atoms. The van der Waals surface area contributed by atoms with Gasteiger partial charge in [0.05, 0.1) is 11.1 Å². The van der Waals surface area contributed by atoms with E-state index in [1.807, 2.05) is 0 Å². The van der Waals surface area contributed by atoms with Gasteiger partial charge < -0.3 is 5.11 Å². The second-order valence-corrected chi connectivity index (χ2v) is 12.3. The number of aryl methyl sites for hydroxylation is 2. The van der Waals surface area contributed by atoms with Gasteiger partial charge in [-0.1, -0.05) is 63.7 Å². The summed E-state index contributed by atoms with van der Waals surface area (Å²) in [7, 11) is 0. The van der Waals surface area contributed by atoms with Crippen molar-refractivity contribution in [1.82, 2.24) is 0 Å². The van der Waals surface area contributed by atoms with Crippen LogP contribution >= 0.6 is 0 Å². The first kappa shape index (κ1) is 23.2. The fourth-order valence-corrected chi connectivity index (χ4v) is 7.30. The number of fused-ring (bicyclic) bond motifs is 10. The van der Waals surface area contributed by atoms with Crippen LogP contribution in [0.2, 0.25) is 0 Å². The van der Waals surface area contributed by atoms with Crippen LogP contribution in [0.25, 0.3) is 28.0 Å². The smallest absolute Gasteiger partial charge is 0.263 e. The number of allylic oxidation sites excluding steroid dienone is 2. The molecule has 188 valence electrons. The van der Waals surface area contributed by atoms with Crippen molar-refractivity contribution in [3.05, 3.63) is 125 Å². The van der Waals surface area contributed by atoms with Crippen molar-refractivity contribution in [2.45, 2.75) is 57.5 Å². The van der Waals surface area contributed by atoms with Crippen LogP contribution in [0.3, 0.4) is 0 Å². The minimum atomic E-state index is -0.303. The molecule has 3 aliphatic rings. The largest absolute Gasteiger partial charge is 0.508 e. The molecule has 3 nitrogen and oxygen atoms in total. The highest BCUT2D eigenvalue weighted by Crippen LogP contribution is 2.67. The van der Waals surface area contributed by atoms with E-state index in [0.717, 1.165) is 11.3 Å². The van der Waals surface area contributed by atoms with E-state index in [1.165, 1.54) is 44.6 Å². The minimum absolute atomic E-state index is 0.0741. The van der Waals surface area contributed by atoms with Crippen LogP contribution in [0.5, 0.6) is 0 Å². The van der Waals surface area contributed by atoms with E-state index in [2.05, 4.69) is 136 Å².